The van der Waals surface area contributed by atoms with Crippen molar-refractivity contribution in [2.75, 3.05) is 13.1 Å². The predicted octanol–water partition coefficient (Wildman–Crippen LogP) is 3.71. The van der Waals surface area contributed by atoms with Crippen molar-refractivity contribution in [2.45, 2.75) is 52.0 Å². The Morgan fingerprint density at radius 3 is 2.80 bits per heavy atom. The van der Waals surface area contributed by atoms with Gasteiger partial charge in [0.1, 0.15) is 0 Å². The van der Waals surface area contributed by atoms with Crippen LogP contribution in [0.1, 0.15) is 60.5 Å². The Morgan fingerprint density at radius 1 is 1.25 bits per heavy atom. The number of rotatable bonds is 7. The van der Waals surface area contributed by atoms with Crippen molar-refractivity contribution in [1.29, 1.82) is 0 Å². The lowest BCUT2D eigenvalue weighted by molar-refractivity contribution is 0.0694. The fourth-order valence-corrected chi connectivity index (χ4v) is 3.00. The van der Waals surface area contributed by atoms with Gasteiger partial charge in [-0.05, 0) is 36.6 Å². The van der Waals surface area contributed by atoms with Crippen molar-refractivity contribution < 1.29 is 9.90 Å². The number of fused-ring (bicyclic) bond motifs is 1. The minimum atomic E-state index is -0.796. The molecule has 1 N–H and O–H groups in total. The summed E-state index contributed by atoms with van der Waals surface area (Å²) in [5.74, 6) is -0.796. The average Bonchev–Trinajstić information content (AvgIpc) is 2.46. The molecule has 0 saturated heterocycles. The molecule has 0 aliphatic carbocycles. The fourth-order valence-electron chi connectivity index (χ4n) is 3.00. The van der Waals surface area contributed by atoms with Crippen molar-refractivity contribution in [3.05, 3.63) is 34.9 Å². The van der Waals surface area contributed by atoms with Crippen LogP contribution in [0.2, 0.25) is 0 Å². The summed E-state index contributed by atoms with van der Waals surface area (Å²) in [6.45, 7) is 5.28. The van der Waals surface area contributed by atoms with Gasteiger partial charge < -0.3 is 5.11 Å². The Kier molecular flexibility index (Phi) is 5.60. The number of hydrogen-bond donors (Lipinski definition) is 1. The largest absolute Gasteiger partial charge is 0.478 e. The van der Waals surface area contributed by atoms with Gasteiger partial charge in [-0.2, -0.15) is 0 Å². The third kappa shape index (κ3) is 3.83. The summed E-state index contributed by atoms with van der Waals surface area (Å²) >= 11 is 0. The molecular weight excluding hydrogens is 250 g/mol. The molecule has 2 rings (SSSR count). The first-order valence-corrected chi connectivity index (χ1v) is 7.78. The molecule has 3 nitrogen and oxygen atoms in total. The van der Waals surface area contributed by atoms with E-state index in [1.807, 2.05) is 6.07 Å². The summed E-state index contributed by atoms with van der Waals surface area (Å²) in [5, 5.41) is 9.22. The van der Waals surface area contributed by atoms with E-state index in [0.717, 1.165) is 31.6 Å². The van der Waals surface area contributed by atoms with Gasteiger partial charge >= 0.3 is 5.97 Å². The standard InChI is InChI=1S/C17H25NO2/c1-2-3-4-5-6-11-18-12-10-15-14(13-18)8-7-9-16(15)17(19)20/h7-9H,2-6,10-13H2,1H3,(H,19,20). The summed E-state index contributed by atoms with van der Waals surface area (Å²) < 4.78 is 0. The highest BCUT2D eigenvalue weighted by atomic mass is 16.4. The van der Waals surface area contributed by atoms with Gasteiger partial charge in [-0.25, -0.2) is 4.79 Å². The molecule has 1 aromatic rings. The molecule has 0 aromatic heterocycles. The number of carbonyl (C=O) groups is 1. The predicted molar refractivity (Wildman–Crippen MR) is 81.1 cm³/mol. The molecule has 20 heavy (non-hydrogen) atoms. The van der Waals surface area contributed by atoms with E-state index in [1.165, 1.54) is 37.7 Å². The first-order chi connectivity index (χ1) is 9.72. The molecule has 110 valence electrons. The van der Waals surface area contributed by atoms with Gasteiger partial charge in [-0.1, -0.05) is 44.7 Å². The second-order valence-corrected chi connectivity index (χ2v) is 5.69. The summed E-state index contributed by atoms with van der Waals surface area (Å²) in [5.41, 5.74) is 2.73. The zero-order chi connectivity index (χ0) is 14.4. The van der Waals surface area contributed by atoms with Crippen molar-refractivity contribution in [2.24, 2.45) is 0 Å². The number of carboxylic acid groups (broad SMARTS) is 1. The van der Waals surface area contributed by atoms with Crippen LogP contribution < -0.4 is 0 Å². The van der Waals surface area contributed by atoms with E-state index in [4.69, 9.17) is 0 Å². The number of carboxylic acids is 1. The number of aromatic carboxylic acids is 1. The van der Waals surface area contributed by atoms with E-state index < -0.39 is 5.97 Å². The molecule has 0 spiro atoms. The van der Waals surface area contributed by atoms with Crippen LogP contribution in [0.15, 0.2) is 18.2 Å². The molecule has 0 saturated carbocycles. The fraction of sp³-hybridized carbons (Fsp3) is 0.588. The molecule has 0 bridgehead atoms. The molecule has 1 aliphatic rings. The first-order valence-electron chi connectivity index (χ1n) is 7.78. The van der Waals surface area contributed by atoms with Crippen LogP contribution in [0, 0.1) is 0 Å². The molecule has 0 atom stereocenters. The highest BCUT2D eigenvalue weighted by molar-refractivity contribution is 5.89. The molecule has 0 amide bonds. The number of unbranched alkanes of at least 4 members (excludes halogenated alkanes) is 4. The number of benzene rings is 1. The van der Waals surface area contributed by atoms with Gasteiger partial charge in [0.05, 0.1) is 5.56 Å². The summed E-state index contributed by atoms with van der Waals surface area (Å²) in [6.07, 6.45) is 7.40. The molecule has 1 aliphatic heterocycles. The van der Waals surface area contributed by atoms with E-state index in [0.29, 0.717) is 5.56 Å². The van der Waals surface area contributed by atoms with Crippen molar-refractivity contribution in [3.8, 4) is 0 Å². The Hall–Kier alpha value is -1.35. The third-order valence-corrected chi connectivity index (χ3v) is 4.15. The lowest BCUT2D eigenvalue weighted by Gasteiger charge is -2.29. The average molecular weight is 275 g/mol. The van der Waals surface area contributed by atoms with Crippen LogP contribution in [0.3, 0.4) is 0 Å². The van der Waals surface area contributed by atoms with E-state index >= 15 is 0 Å². The quantitative estimate of drug-likeness (QED) is 0.771. The minimum absolute atomic E-state index is 0.491. The topological polar surface area (TPSA) is 40.5 Å². The zero-order valence-electron chi connectivity index (χ0n) is 12.4. The van der Waals surface area contributed by atoms with Crippen LogP contribution in [-0.2, 0) is 13.0 Å². The Bertz CT molecular complexity index is 456. The van der Waals surface area contributed by atoms with Crippen LogP contribution in [-0.4, -0.2) is 29.1 Å². The van der Waals surface area contributed by atoms with E-state index in [-0.39, 0.29) is 0 Å². The second-order valence-electron chi connectivity index (χ2n) is 5.69. The van der Waals surface area contributed by atoms with Crippen LogP contribution in [0.5, 0.6) is 0 Å². The van der Waals surface area contributed by atoms with Gasteiger partial charge in [-0.3, -0.25) is 4.90 Å². The van der Waals surface area contributed by atoms with Crippen LogP contribution >= 0.6 is 0 Å². The highest BCUT2D eigenvalue weighted by Gasteiger charge is 2.20. The number of hydrogen-bond acceptors (Lipinski definition) is 2. The van der Waals surface area contributed by atoms with Crippen LogP contribution in [0.4, 0.5) is 0 Å². The maximum atomic E-state index is 11.2. The maximum Gasteiger partial charge on any atom is 0.335 e. The molecule has 0 unspecified atom stereocenters. The van der Waals surface area contributed by atoms with Crippen molar-refractivity contribution >= 4 is 5.97 Å². The van der Waals surface area contributed by atoms with Crippen LogP contribution in [0.25, 0.3) is 0 Å². The van der Waals surface area contributed by atoms with E-state index in [2.05, 4.69) is 17.9 Å². The van der Waals surface area contributed by atoms with Gasteiger partial charge in [-0.15, -0.1) is 0 Å². The normalized spacial score (nSPS) is 15.1. The summed E-state index contributed by atoms with van der Waals surface area (Å²) in [6, 6.07) is 5.67. The molecule has 1 aromatic carbocycles. The monoisotopic (exact) mass is 275 g/mol. The minimum Gasteiger partial charge on any atom is -0.478 e. The Balaban J connectivity index is 1.88. The lowest BCUT2D eigenvalue weighted by atomic mass is 9.94. The van der Waals surface area contributed by atoms with Gasteiger partial charge in [0.15, 0.2) is 0 Å². The molecule has 0 fully saturated rings. The van der Waals surface area contributed by atoms with E-state index in [1.54, 1.807) is 6.07 Å². The molecule has 3 heteroatoms. The van der Waals surface area contributed by atoms with Gasteiger partial charge in [0.2, 0.25) is 0 Å². The van der Waals surface area contributed by atoms with Crippen molar-refractivity contribution in [1.82, 2.24) is 4.90 Å². The smallest absolute Gasteiger partial charge is 0.335 e. The van der Waals surface area contributed by atoms with Crippen molar-refractivity contribution in [3.63, 3.8) is 0 Å². The van der Waals surface area contributed by atoms with Gasteiger partial charge in [0.25, 0.3) is 0 Å². The first kappa shape index (κ1) is 15.0. The summed E-state index contributed by atoms with van der Waals surface area (Å²) in [4.78, 5) is 13.7. The third-order valence-electron chi connectivity index (χ3n) is 4.15. The maximum absolute atomic E-state index is 11.2. The lowest BCUT2D eigenvalue weighted by Crippen LogP contribution is -2.32. The Labute approximate surface area is 121 Å². The second kappa shape index (κ2) is 7.44. The SMILES string of the molecule is CCCCCCCN1CCc2c(cccc2C(=O)O)C1. The zero-order valence-corrected chi connectivity index (χ0v) is 12.4. The summed E-state index contributed by atoms with van der Waals surface area (Å²) in [7, 11) is 0. The number of nitrogens with zero attached hydrogens (tertiary/aromatic N) is 1. The highest BCUT2D eigenvalue weighted by Crippen LogP contribution is 2.23. The Morgan fingerprint density at radius 2 is 2.05 bits per heavy atom. The molecule has 0 radical (unpaired) electrons. The molecule has 1 heterocycles. The van der Waals surface area contributed by atoms with E-state index in [9.17, 15) is 9.90 Å². The van der Waals surface area contributed by atoms with Gasteiger partial charge in [0, 0.05) is 13.1 Å². The molecular formula is C17H25NO2.